The number of anilines is 1. The van der Waals surface area contributed by atoms with Gasteiger partial charge in [0.2, 0.25) is 0 Å². The van der Waals surface area contributed by atoms with Gasteiger partial charge in [0, 0.05) is 19.8 Å². The maximum Gasteiger partial charge on any atom is 0.416 e. The van der Waals surface area contributed by atoms with Gasteiger partial charge in [-0.05, 0) is 31.5 Å². The number of alkyl halides is 3. The van der Waals surface area contributed by atoms with Crippen LogP contribution in [0.4, 0.5) is 18.3 Å². The minimum absolute atomic E-state index is 0.372. The van der Waals surface area contributed by atoms with Crippen LogP contribution in [-0.2, 0) is 10.9 Å². The Morgan fingerprint density at radius 2 is 2.15 bits per heavy atom. The molecule has 0 radical (unpaired) electrons. The van der Waals surface area contributed by atoms with Crippen LogP contribution in [0.3, 0.4) is 0 Å². The summed E-state index contributed by atoms with van der Waals surface area (Å²) in [5.41, 5.74) is -0.296. The van der Waals surface area contributed by atoms with Gasteiger partial charge in [0.05, 0.1) is 15.8 Å². The van der Waals surface area contributed by atoms with Gasteiger partial charge in [-0.25, -0.2) is 4.98 Å². The normalized spacial score (nSPS) is 12.0. The number of halogens is 3. The van der Waals surface area contributed by atoms with Crippen LogP contribution in [-0.4, -0.2) is 24.7 Å². The molecule has 0 fully saturated rings. The Morgan fingerprint density at radius 3 is 2.85 bits per heavy atom. The zero-order valence-electron chi connectivity index (χ0n) is 11.0. The van der Waals surface area contributed by atoms with E-state index in [4.69, 9.17) is 4.74 Å². The van der Waals surface area contributed by atoms with Crippen molar-refractivity contribution in [2.45, 2.75) is 19.5 Å². The van der Waals surface area contributed by atoms with E-state index in [-0.39, 0.29) is 0 Å². The first-order valence-electron chi connectivity index (χ1n) is 6.30. The van der Waals surface area contributed by atoms with Gasteiger partial charge in [-0.15, -0.1) is 0 Å². The average Bonchev–Trinajstić information content (AvgIpc) is 2.79. The molecule has 110 valence electrons. The Hall–Kier alpha value is -1.34. The molecular weight excluding hydrogens is 289 g/mol. The predicted octanol–water partition coefficient (Wildman–Crippen LogP) is 4.15. The van der Waals surface area contributed by atoms with E-state index in [2.05, 4.69) is 10.3 Å². The Balaban J connectivity index is 2.02. The summed E-state index contributed by atoms with van der Waals surface area (Å²) < 4.78 is 43.7. The van der Waals surface area contributed by atoms with Crippen molar-refractivity contribution < 1.29 is 17.9 Å². The lowest BCUT2D eigenvalue weighted by molar-refractivity contribution is -0.137. The maximum atomic E-state index is 12.6. The average molecular weight is 304 g/mol. The zero-order valence-corrected chi connectivity index (χ0v) is 11.8. The highest BCUT2D eigenvalue weighted by Gasteiger charge is 2.30. The van der Waals surface area contributed by atoms with E-state index in [1.165, 1.54) is 17.4 Å². The molecule has 3 nitrogen and oxygen atoms in total. The highest BCUT2D eigenvalue weighted by molar-refractivity contribution is 7.22. The third-order valence-electron chi connectivity index (χ3n) is 2.66. The van der Waals surface area contributed by atoms with Crippen LogP contribution in [0.25, 0.3) is 10.2 Å². The van der Waals surface area contributed by atoms with Gasteiger partial charge in [0.25, 0.3) is 0 Å². The third-order valence-corrected chi connectivity index (χ3v) is 3.65. The van der Waals surface area contributed by atoms with Crippen molar-refractivity contribution in [3.63, 3.8) is 0 Å². The first kappa shape index (κ1) is 15.1. The molecule has 1 aromatic carbocycles. The number of hydrogen-bond acceptors (Lipinski definition) is 4. The van der Waals surface area contributed by atoms with E-state index in [0.29, 0.717) is 30.4 Å². The monoisotopic (exact) mass is 304 g/mol. The number of fused-ring (bicyclic) bond motifs is 1. The molecule has 0 amide bonds. The molecule has 0 aliphatic carbocycles. The van der Waals surface area contributed by atoms with Crippen molar-refractivity contribution in [2.24, 2.45) is 0 Å². The van der Waals surface area contributed by atoms with Crippen LogP contribution in [0, 0.1) is 0 Å². The summed E-state index contributed by atoms with van der Waals surface area (Å²) in [7, 11) is 0. The van der Waals surface area contributed by atoms with Crippen LogP contribution >= 0.6 is 11.3 Å². The van der Waals surface area contributed by atoms with Gasteiger partial charge in [-0.3, -0.25) is 0 Å². The van der Waals surface area contributed by atoms with Crippen molar-refractivity contribution in [3.05, 3.63) is 23.8 Å². The van der Waals surface area contributed by atoms with Gasteiger partial charge in [-0.1, -0.05) is 11.3 Å². The summed E-state index contributed by atoms with van der Waals surface area (Å²) in [4.78, 5) is 4.17. The van der Waals surface area contributed by atoms with Crippen molar-refractivity contribution >= 4 is 26.7 Å². The van der Waals surface area contributed by atoms with Gasteiger partial charge in [-0.2, -0.15) is 13.2 Å². The Morgan fingerprint density at radius 1 is 1.35 bits per heavy atom. The molecule has 2 rings (SSSR count). The smallest absolute Gasteiger partial charge is 0.382 e. The second-order valence-corrected chi connectivity index (χ2v) is 5.21. The van der Waals surface area contributed by atoms with Crippen molar-refractivity contribution in [1.29, 1.82) is 0 Å². The van der Waals surface area contributed by atoms with Crippen molar-refractivity contribution in [2.75, 3.05) is 25.1 Å². The van der Waals surface area contributed by atoms with Crippen molar-refractivity contribution in [1.82, 2.24) is 4.98 Å². The molecular formula is C13H15F3N2OS. The minimum Gasteiger partial charge on any atom is -0.382 e. The molecule has 1 aromatic heterocycles. The highest BCUT2D eigenvalue weighted by atomic mass is 32.1. The standard InChI is InChI=1S/C13H15F3N2OS/c1-2-19-7-3-6-17-12-18-10-8-9(13(14,15)16)4-5-11(10)20-12/h4-5,8H,2-3,6-7H2,1H3,(H,17,18). The summed E-state index contributed by atoms with van der Waals surface area (Å²) in [6, 6.07) is 3.62. The van der Waals surface area contributed by atoms with E-state index in [1.54, 1.807) is 0 Å². The van der Waals surface area contributed by atoms with Gasteiger partial charge in [0.15, 0.2) is 5.13 Å². The second-order valence-electron chi connectivity index (χ2n) is 4.18. The van der Waals surface area contributed by atoms with E-state index in [9.17, 15) is 13.2 Å². The number of benzene rings is 1. The molecule has 0 aliphatic rings. The second kappa shape index (κ2) is 6.41. The topological polar surface area (TPSA) is 34.1 Å². The fourth-order valence-corrected chi connectivity index (χ4v) is 2.57. The summed E-state index contributed by atoms with van der Waals surface area (Å²) in [6.45, 7) is 3.96. The number of aromatic nitrogens is 1. The largest absolute Gasteiger partial charge is 0.416 e. The van der Waals surface area contributed by atoms with Crippen molar-refractivity contribution in [3.8, 4) is 0 Å². The van der Waals surface area contributed by atoms with Crippen LogP contribution in [0.1, 0.15) is 18.9 Å². The molecule has 0 saturated carbocycles. The number of nitrogens with zero attached hydrogens (tertiary/aromatic N) is 1. The fourth-order valence-electron chi connectivity index (χ4n) is 1.69. The lowest BCUT2D eigenvalue weighted by Gasteiger charge is -2.04. The fraction of sp³-hybridized carbons (Fsp3) is 0.462. The van der Waals surface area contributed by atoms with E-state index in [1.807, 2.05) is 6.92 Å². The number of nitrogens with one attached hydrogen (secondary N) is 1. The van der Waals surface area contributed by atoms with Gasteiger partial charge in [0.1, 0.15) is 0 Å². The lowest BCUT2D eigenvalue weighted by Crippen LogP contribution is -2.05. The van der Waals surface area contributed by atoms with Gasteiger partial charge >= 0.3 is 6.18 Å². The van der Waals surface area contributed by atoms with Crippen LogP contribution in [0.15, 0.2) is 18.2 Å². The Kier molecular flexibility index (Phi) is 4.82. The molecule has 0 aliphatic heterocycles. The Labute approximate surface area is 118 Å². The molecule has 0 spiro atoms. The third kappa shape index (κ3) is 3.83. The molecule has 1 N–H and O–H groups in total. The van der Waals surface area contributed by atoms with Crippen LogP contribution in [0.5, 0.6) is 0 Å². The quantitative estimate of drug-likeness (QED) is 0.814. The molecule has 2 aromatic rings. The first-order valence-corrected chi connectivity index (χ1v) is 7.11. The lowest BCUT2D eigenvalue weighted by atomic mass is 10.2. The summed E-state index contributed by atoms with van der Waals surface area (Å²) >= 11 is 1.35. The zero-order chi connectivity index (χ0) is 14.6. The molecule has 0 saturated heterocycles. The summed E-state index contributed by atoms with van der Waals surface area (Å²) in [6.07, 6.45) is -3.50. The maximum absolute atomic E-state index is 12.6. The molecule has 0 unspecified atom stereocenters. The summed E-state index contributed by atoms with van der Waals surface area (Å²) in [5.74, 6) is 0. The molecule has 1 heterocycles. The highest BCUT2D eigenvalue weighted by Crippen LogP contribution is 2.33. The molecule has 7 heteroatoms. The Bertz CT molecular complexity index is 568. The summed E-state index contributed by atoms with van der Waals surface area (Å²) in [5, 5.41) is 3.73. The number of ether oxygens (including phenoxy) is 1. The molecule has 0 bridgehead atoms. The van der Waals surface area contributed by atoms with E-state index in [0.717, 1.165) is 23.3 Å². The van der Waals surface area contributed by atoms with E-state index >= 15 is 0 Å². The van der Waals surface area contributed by atoms with Crippen LogP contribution in [0.2, 0.25) is 0 Å². The molecule has 20 heavy (non-hydrogen) atoms. The number of thiazole rings is 1. The number of hydrogen-bond donors (Lipinski definition) is 1. The predicted molar refractivity (Wildman–Crippen MR) is 74.2 cm³/mol. The number of rotatable bonds is 6. The van der Waals surface area contributed by atoms with Crippen LogP contribution < -0.4 is 5.32 Å². The van der Waals surface area contributed by atoms with E-state index < -0.39 is 11.7 Å². The van der Waals surface area contributed by atoms with Gasteiger partial charge < -0.3 is 10.1 Å². The molecule has 0 atom stereocenters. The minimum atomic E-state index is -4.33. The first-order chi connectivity index (χ1) is 9.50. The SMILES string of the molecule is CCOCCCNc1nc2cc(C(F)(F)F)ccc2s1.